The number of rotatable bonds is 5. The number of nitro groups is 1. The summed E-state index contributed by atoms with van der Waals surface area (Å²) in [7, 11) is -4.19. The summed E-state index contributed by atoms with van der Waals surface area (Å²) in [5.74, 6) is 0. The Morgan fingerprint density at radius 3 is 2.55 bits per heavy atom. The topological polar surface area (TPSA) is 136 Å². The number of sulfonamides is 1. The predicted molar refractivity (Wildman–Crippen MR) is 71.8 cm³/mol. The maximum Gasteiger partial charge on any atom is 0.312 e. The lowest BCUT2D eigenvalue weighted by Gasteiger charge is -2.36. The van der Waals surface area contributed by atoms with Crippen LogP contribution in [0, 0.1) is 10.1 Å². The van der Waals surface area contributed by atoms with E-state index < -0.39 is 31.1 Å². The van der Waals surface area contributed by atoms with Crippen molar-refractivity contribution in [1.82, 2.24) is 0 Å². The number of hydrogen-bond acceptors (Lipinski definition) is 6. The van der Waals surface area contributed by atoms with Crippen LogP contribution in [-0.2, 0) is 10.0 Å². The monoisotopic (exact) mass is 301 g/mol. The van der Waals surface area contributed by atoms with Crippen molar-refractivity contribution in [3.8, 4) is 0 Å². The van der Waals surface area contributed by atoms with E-state index >= 15 is 0 Å². The molecule has 1 fully saturated rings. The number of anilines is 1. The van der Waals surface area contributed by atoms with E-state index in [1.807, 2.05) is 0 Å². The minimum absolute atomic E-state index is 0.0295. The van der Waals surface area contributed by atoms with E-state index in [1.54, 1.807) is 0 Å². The molecule has 4 N–H and O–H groups in total. The van der Waals surface area contributed by atoms with Crippen LogP contribution in [0.3, 0.4) is 0 Å². The van der Waals surface area contributed by atoms with Crippen molar-refractivity contribution >= 4 is 21.4 Å². The van der Waals surface area contributed by atoms with Gasteiger partial charge in [-0.1, -0.05) is 6.07 Å². The second-order valence-electron chi connectivity index (χ2n) is 4.89. The molecule has 0 spiro atoms. The number of nitrogens with one attached hydrogen (secondary N) is 1. The van der Waals surface area contributed by atoms with Gasteiger partial charge in [-0.15, -0.1) is 0 Å². The lowest BCUT2D eigenvalue weighted by atomic mass is 9.80. The number of nitrogens with two attached hydrogens (primary N) is 1. The normalized spacial score (nSPS) is 17.3. The summed E-state index contributed by atoms with van der Waals surface area (Å²) in [6.07, 6.45) is 2.13. The third kappa shape index (κ3) is 2.89. The van der Waals surface area contributed by atoms with E-state index in [9.17, 15) is 23.6 Å². The largest absolute Gasteiger partial charge is 0.388 e. The Morgan fingerprint density at radius 2 is 2.10 bits per heavy atom. The maximum atomic E-state index is 11.4. The van der Waals surface area contributed by atoms with Crippen molar-refractivity contribution in [2.75, 3.05) is 11.9 Å². The van der Waals surface area contributed by atoms with Crippen LogP contribution in [-0.4, -0.2) is 30.6 Å². The lowest BCUT2D eigenvalue weighted by molar-refractivity contribution is -0.386. The molecule has 0 unspecified atom stereocenters. The van der Waals surface area contributed by atoms with E-state index in [2.05, 4.69) is 5.32 Å². The highest BCUT2D eigenvalue weighted by Crippen LogP contribution is 2.35. The summed E-state index contributed by atoms with van der Waals surface area (Å²) in [5, 5.41) is 28.7. The van der Waals surface area contributed by atoms with Crippen LogP contribution in [0.2, 0.25) is 0 Å². The van der Waals surface area contributed by atoms with Crippen LogP contribution >= 0.6 is 0 Å². The minimum Gasteiger partial charge on any atom is -0.388 e. The van der Waals surface area contributed by atoms with Crippen LogP contribution in [0.1, 0.15) is 19.3 Å². The molecular weight excluding hydrogens is 286 g/mol. The average Bonchev–Trinajstić information content (AvgIpc) is 2.32. The molecule has 0 aliphatic heterocycles. The third-order valence-electron chi connectivity index (χ3n) is 3.38. The molecule has 0 radical (unpaired) electrons. The van der Waals surface area contributed by atoms with Gasteiger partial charge in [0.2, 0.25) is 10.0 Å². The summed E-state index contributed by atoms with van der Waals surface area (Å²) in [4.78, 5) is 9.73. The van der Waals surface area contributed by atoms with Crippen molar-refractivity contribution in [3.05, 3.63) is 28.3 Å². The molecular formula is C11H15N3O5S. The highest BCUT2D eigenvalue weighted by molar-refractivity contribution is 7.89. The van der Waals surface area contributed by atoms with Gasteiger partial charge in [-0.2, -0.15) is 0 Å². The molecule has 1 aromatic rings. The SMILES string of the molecule is NS(=O)(=O)c1cccc(NCC2(O)CCC2)c1[N+](=O)[O-]. The smallest absolute Gasteiger partial charge is 0.312 e. The first-order valence-corrected chi connectivity index (χ1v) is 7.54. The zero-order chi connectivity index (χ0) is 15.0. The Kier molecular flexibility index (Phi) is 3.67. The number of primary sulfonamides is 1. The van der Waals surface area contributed by atoms with Crippen molar-refractivity contribution < 1.29 is 18.4 Å². The van der Waals surface area contributed by atoms with Crippen molar-refractivity contribution in [3.63, 3.8) is 0 Å². The molecule has 9 heteroatoms. The highest BCUT2D eigenvalue weighted by Gasteiger charge is 2.35. The summed E-state index contributed by atoms with van der Waals surface area (Å²) in [5.41, 5.74) is -1.45. The third-order valence-corrected chi connectivity index (χ3v) is 4.32. The minimum atomic E-state index is -4.19. The first-order chi connectivity index (χ1) is 9.23. The van der Waals surface area contributed by atoms with E-state index in [-0.39, 0.29) is 12.2 Å². The Morgan fingerprint density at radius 1 is 1.45 bits per heavy atom. The summed E-state index contributed by atoms with van der Waals surface area (Å²) >= 11 is 0. The second kappa shape index (κ2) is 5.00. The number of benzene rings is 1. The van der Waals surface area contributed by atoms with Gasteiger partial charge in [0.05, 0.1) is 10.5 Å². The van der Waals surface area contributed by atoms with Crippen LogP contribution in [0.4, 0.5) is 11.4 Å². The molecule has 1 aromatic carbocycles. The van der Waals surface area contributed by atoms with Gasteiger partial charge in [-0.05, 0) is 31.4 Å². The highest BCUT2D eigenvalue weighted by atomic mass is 32.2. The zero-order valence-corrected chi connectivity index (χ0v) is 11.4. The van der Waals surface area contributed by atoms with Gasteiger partial charge in [-0.25, -0.2) is 13.6 Å². The quantitative estimate of drug-likeness (QED) is 0.537. The molecule has 0 bridgehead atoms. The molecule has 0 aromatic heterocycles. The Labute approximate surface area is 115 Å². The predicted octanol–water partition coefficient (Wildman–Crippen LogP) is 0.569. The average molecular weight is 301 g/mol. The van der Waals surface area contributed by atoms with Crippen LogP contribution in [0.15, 0.2) is 23.1 Å². The van der Waals surface area contributed by atoms with E-state index in [4.69, 9.17) is 5.14 Å². The van der Waals surface area contributed by atoms with Gasteiger partial charge in [0.15, 0.2) is 4.90 Å². The molecule has 0 heterocycles. The van der Waals surface area contributed by atoms with Crippen LogP contribution < -0.4 is 10.5 Å². The fourth-order valence-electron chi connectivity index (χ4n) is 2.10. The summed E-state index contributed by atoms with van der Waals surface area (Å²) in [6, 6.07) is 3.82. The molecule has 0 saturated heterocycles. The molecule has 0 atom stereocenters. The molecule has 0 amide bonds. The van der Waals surface area contributed by atoms with Gasteiger partial charge in [0.25, 0.3) is 0 Å². The fourth-order valence-corrected chi connectivity index (χ4v) is 2.83. The fraction of sp³-hybridized carbons (Fsp3) is 0.455. The van der Waals surface area contributed by atoms with Crippen molar-refractivity contribution in [2.24, 2.45) is 5.14 Å². The first kappa shape index (κ1) is 14.7. The number of aliphatic hydroxyl groups is 1. The number of nitro benzene ring substituents is 1. The molecule has 110 valence electrons. The second-order valence-corrected chi connectivity index (χ2v) is 6.42. The molecule has 1 aliphatic rings. The van der Waals surface area contributed by atoms with Gasteiger partial charge < -0.3 is 10.4 Å². The molecule has 1 aliphatic carbocycles. The molecule has 1 saturated carbocycles. The summed E-state index contributed by atoms with van der Waals surface area (Å²) in [6.45, 7) is 0.127. The molecule has 20 heavy (non-hydrogen) atoms. The Hall–Kier alpha value is -1.71. The van der Waals surface area contributed by atoms with Gasteiger partial charge in [0.1, 0.15) is 5.69 Å². The standard InChI is InChI=1S/C11H15N3O5S/c12-20(18,19)9-4-1-3-8(10(9)14(16)17)13-7-11(15)5-2-6-11/h1,3-4,13,15H,2,5-7H2,(H2,12,18,19). The molecule has 2 rings (SSSR count). The first-order valence-electron chi connectivity index (χ1n) is 5.99. The van der Waals surface area contributed by atoms with Gasteiger partial charge in [-0.3, -0.25) is 10.1 Å². The van der Waals surface area contributed by atoms with Crippen LogP contribution in [0.25, 0.3) is 0 Å². The Balaban J connectivity index is 2.35. The maximum absolute atomic E-state index is 11.4. The Bertz CT molecular complexity index is 639. The van der Waals surface area contributed by atoms with Crippen molar-refractivity contribution in [1.29, 1.82) is 0 Å². The molecule has 8 nitrogen and oxygen atoms in total. The van der Waals surface area contributed by atoms with E-state index in [0.29, 0.717) is 12.8 Å². The number of hydrogen-bond donors (Lipinski definition) is 3. The van der Waals surface area contributed by atoms with Crippen LogP contribution in [0.5, 0.6) is 0 Å². The van der Waals surface area contributed by atoms with Gasteiger partial charge >= 0.3 is 5.69 Å². The lowest BCUT2D eigenvalue weighted by Crippen LogP contribution is -2.43. The van der Waals surface area contributed by atoms with E-state index in [1.165, 1.54) is 12.1 Å². The number of para-hydroxylation sites is 1. The zero-order valence-electron chi connectivity index (χ0n) is 10.6. The number of nitrogens with zero attached hydrogens (tertiary/aromatic N) is 1. The summed E-state index contributed by atoms with van der Waals surface area (Å²) < 4.78 is 22.8. The van der Waals surface area contributed by atoms with Crippen molar-refractivity contribution in [2.45, 2.75) is 29.8 Å². The van der Waals surface area contributed by atoms with E-state index in [0.717, 1.165) is 12.5 Å². The van der Waals surface area contributed by atoms with Gasteiger partial charge in [0, 0.05) is 6.54 Å².